The molecule has 3 saturated heterocycles. The maximum atomic E-state index is 16.0. The number of rotatable bonds is 6. The molecule has 214 valence electrons. The van der Waals surface area contributed by atoms with E-state index in [0.29, 0.717) is 51.9 Å². The minimum absolute atomic E-state index is 0.0805. The first kappa shape index (κ1) is 26.9. The third-order valence-electron chi connectivity index (χ3n) is 8.53. The highest BCUT2D eigenvalue weighted by Gasteiger charge is 2.45. The lowest BCUT2D eigenvalue weighted by Gasteiger charge is -2.40. The molecule has 0 saturated carbocycles. The topological polar surface area (TPSA) is 112 Å². The van der Waals surface area contributed by atoms with Crippen LogP contribution >= 0.6 is 0 Å². The summed E-state index contributed by atoms with van der Waals surface area (Å²) in [4.78, 5) is 30.2. The number of nitrogen functional groups attached to an aromatic ring is 1. The number of alkyl halides is 1. The molecule has 0 bridgehead atoms. The van der Waals surface area contributed by atoms with Gasteiger partial charge in [0, 0.05) is 82.4 Å². The lowest BCUT2D eigenvalue weighted by atomic mass is 9.90. The Hall–Kier alpha value is -3.31. The number of piperidine rings is 2. The van der Waals surface area contributed by atoms with Crippen molar-refractivity contribution in [2.24, 2.45) is 0 Å². The quantitative estimate of drug-likeness (QED) is 0.496. The maximum absolute atomic E-state index is 16.0. The molecule has 0 spiro atoms. The Bertz CT molecular complexity index is 1330. The standard InChI is InChI=1S/C29H38FN7O3/c1-20-2-3-25-24(16-20)34-28(40-23-6-14-39-15-7-23)37(25)22-4-10-36(11-5-22)26(38)29(30)8-12-35(13-9-29)19-21-17-32-27(31)33-18-21/h2-3,16-18,22-23H,4-15,19H2,1H3,(H2,31,32,33). The number of benzene rings is 1. The molecular formula is C29H38FN7O3. The van der Waals surface area contributed by atoms with Gasteiger partial charge in [-0.15, -0.1) is 0 Å². The summed E-state index contributed by atoms with van der Waals surface area (Å²) in [6.45, 7) is 6.13. The second kappa shape index (κ2) is 11.3. The molecule has 0 aliphatic carbocycles. The van der Waals surface area contributed by atoms with Gasteiger partial charge in [0.2, 0.25) is 5.95 Å². The van der Waals surface area contributed by atoms with Crippen molar-refractivity contribution in [3.63, 3.8) is 0 Å². The number of aryl methyl sites for hydroxylation is 1. The van der Waals surface area contributed by atoms with Gasteiger partial charge in [0.1, 0.15) is 6.10 Å². The molecule has 10 nitrogen and oxygen atoms in total. The van der Waals surface area contributed by atoms with Crippen molar-refractivity contribution >= 4 is 22.9 Å². The zero-order valence-corrected chi connectivity index (χ0v) is 23.1. The number of hydrogen-bond donors (Lipinski definition) is 1. The van der Waals surface area contributed by atoms with Crippen LogP contribution < -0.4 is 10.5 Å². The van der Waals surface area contributed by atoms with Crippen molar-refractivity contribution in [1.82, 2.24) is 29.3 Å². The predicted octanol–water partition coefficient (Wildman–Crippen LogP) is 3.44. The Morgan fingerprint density at radius 1 is 1.10 bits per heavy atom. The second-order valence-corrected chi connectivity index (χ2v) is 11.4. The van der Waals surface area contributed by atoms with Crippen LogP contribution in [0.25, 0.3) is 11.0 Å². The minimum atomic E-state index is -1.82. The van der Waals surface area contributed by atoms with E-state index in [0.717, 1.165) is 47.8 Å². The molecule has 0 unspecified atom stereocenters. The molecule has 3 aliphatic heterocycles. The molecule has 0 radical (unpaired) electrons. The molecule has 3 aromatic rings. The first-order chi connectivity index (χ1) is 19.4. The van der Waals surface area contributed by atoms with Crippen molar-refractivity contribution in [2.45, 2.75) is 69.8 Å². The normalized spacial score (nSPS) is 21.1. The minimum Gasteiger partial charge on any atom is -0.461 e. The van der Waals surface area contributed by atoms with Gasteiger partial charge in [-0.1, -0.05) is 6.07 Å². The highest BCUT2D eigenvalue weighted by Crippen LogP contribution is 2.36. The number of hydrogen-bond acceptors (Lipinski definition) is 8. The van der Waals surface area contributed by atoms with Crippen molar-refractivity contribution in [3.05, 3.63) is 41.7 Å². The largest absolute Gasteiger partial charge is 0.461 e. The van der Waals surface area contributed by atoms with Gasteiger partial charge in [-0.25, -0.2) is 14.4 Å². The van der Waals surface area contributed by atoms with Gasteiger partial charge in [-0.2, -0.15) is 4.98 Å². The fraction of sp³-hybridized carbons (Fsp3) is 0.586. The van der Waals surface area contributed by atoms with E-state index in [1.54, 1.807) is 17.3 Å². The van der Waals surface area contributed by atoms with Gasteiger partial charge >= 0.3 is 0 Å². The number of likely N-dealkylation sites (tertiary alicyclic amines) is 2. The van der Waals surface area contributed by atoms with Gasteiger partial charge in [-0.3, -0.25) is 14.3 Å². The van der Waals surface area contributed by atoms with E-state index in [9.17, 15) is 4.79 Å². The number of nitrogens with two attached hydrogens (primary N) is 1. The zero-order chi connectivity index (χ0) is 27.7. The van der Waals surface area contributed by atoms with Gasteiger partial charge in [0.05, 0.1) is 24.2 Å². The molecule has 6 rings (SSSR count). The summed E-state index contributed by atoms with van der Waals surface area (Å²) in [5, 5.41) is 0. The van der Waals surface area contributed by atoms with Crippen LogP contribution in [-0.2, 0) is 16.1 Å². The van der Waals surface area contributed by atoms with Gasteiger partial charge in [-0.05, 0) is 37.5 Å². The van der Waals surface area contributed by atoms with E-state index in [-0.39, 0.29) is 36.8 Å². The van der Waals surface area contributed by atoms with E-state index in [1.807, 2.05) is 0 Å². The summed E-state index contributed by atoms with van der Waals surface area (Å²) in [7, 11) is 0. The van der Waals surface area contributed by atoms with Crippen LogP contribution in [0.4, 0.5) is 10.3 Å². The first-order valence-corrected chi connectivity index (χ1v) is 14.4. The van der Waals surface area contributed by atoms with Crippen molar-refractivity contribution < 1.29 is 18.7 Å². The van der Waals surface area contributed by atoms with Gasteiger partial charge < -0.3 is 20.1 Å². The Morgan fingerprint density at radius 2 is 1.80 bits per heavy atom. The van der Waals surface area contributed by atoms with Crippen LogP contribution in [0.15, 0.2) is 30.6 Å². The maximum Gasteiger partial charge on any atom is 0.297 e. The summed E-state index contributed by atoms with van der Waals surface area (Å²) < 4.78 is 30.1. The first-order valence-electron chi connectivity index (χ1n) is 14.4. The third-order valence-corrected chi connectivity index (χ3v) is 8.53. The summed E-state index contributed by atoms with van der Waals surface area (Å²) in [6, 6.07) is 7.05. The van der Waals surface area contributed by atoms with E-state index >= 15 is 4.39 Å². The number of amides is 1. The van der Waals surface area contributed by atoms with Crippen LogP contribution in [0.3, 0.4) is 0 Å². The molecule has 3 aliphatic rings. The van der Waals surface area contributed by atoms with Gasteiger partial charge in [0.15, 0.2) is 5.67 Å². The third kappa shape index (κ3) is 5.62. The molecule has 11 heteroatoms. The number of carbonyl (C=O) groups is 1. The number of halogens is 1. The monoisotopic (exact) mass is 551 g/mol. The Kier molecular flexibility index (Phi) is 7.59. The lowest BCUT2D eigenvalue weighted by molar-refractivity contribution is -0.148. The van der Waals surface area contributed by atoms with Crippen LogP contribution in [-0.4, -0.2) is 86.4 Å². The molecule has 1 amide bonds. The molecule has 40 heavy (non-hydrogen) atoms. The number of fused-ring (bicyclic) bond motifs is 1. The summed E-state index contributed by atoms with van der Waals surface area (Å²) in [6.07, 6.45) is 7.00. The van der Waals surface area contributed by atoms with Crippen LogP contribution in [0.1, 0.15) is 55.7 Å². The molecule has 5 heterocycles. The highest BCUT2D eigenvalue weighted by molar-refractivity contribution is 5.85. The Balaban J connectivity index is 1.09. The lowest BCUT2D eigenvalue weighted by Crippen LogP contribution is -2.53. The Labute approximate surface area is 233 Å². The molecule has 1 aromatic carbocycles. The predicted molar refractivity (Wildman–Crippen MR) is 149 cm³/mol. The smallest absolute Gasteiger partial charge is 0.297 e. The summed E-state index contributed by atoms with van der Waals surface area (Å²) in [5.41, 5.74) is 7.78. The summed E-state index contributed by atoms with van der Waals surface area (Å²) in [5.74, 6) is -0.134. The number of ether oxygens (including phenoxy) is 2. The molecular weight excluding hydrogens is 513 g/mol. The number of anilines is 1. The van der Waals surface area contributed by atoms with E-state index in [2.05, 4.69) is 44.6 Å². The van der Waals surface area contributed by atoms with Crippen LogP contribution in [0.2, 0.25) is 0 Å². The molecule has 2 aromatic heterocycles. The van der Waals surface area contributed by atoms with Crippen molar-refractivity contribution in [1.29, 1.82) is 0 Å². The number of imidazole rings is 1. The van der Waals surface area contributed by atoms with E-state index < -0.39 is 5.67 Å². The van der Waals surface area contributed by atoms with Crippen LogP contribution in [0, 0.1) is 6.92 Å². The summed E-state index contributed by atoms with van der Waals surface area (Å²) >= 11 is 0. The average Bonchev–Trinajstić information content (AvgIpc) is 3.32. The van der Waals surface area contributed by atoms with E-state index in [1.165, 1.54) is 0 Å². The zero-order valence-electron chi connectivity index (χ0n) is 23.1. The SMILES string of the molecule is Cc1ccc2c(c1)nc(OC1CCOCC1)n2C1CCN(C(=O)C2(F)CCN(Cc3cnc(N)nc3)CC2)CC1. The Morgan fingerprint density at radius 3 is 2.50 bits per heavy atom. The van der Waals surface area contributed by atoms with Crippen LogP contribution in [0.5, 0.6) is 6.01 Å². The highest BCUT2D eigenvalue weighted by atomic mass is 19.1. The molecule has 0 atom stereocenters. The van der Waals surface area contributed by atoms with E-state index in [4.69, 9.17) is 20.2 Å². The van der Waals surface area contributed by atoms with Crippen molar-refractivity contribution in [3.8, 4) is 6.01 Å². The number of nitrogens with zero attached hydrogens (tertiary/aromatic N) is 6. The molecule has 3 fully saturated rings. The van der Waals surface area contributed by atoms with Gasteiger partial charge in [0.25, 0.3) is 11.9 Å². The number of carbonyl (C=O) groups excluding carboxylic acids is 1. The fourth-order valence-corrected chi connectivity index (χ4v) is 6.16. The van der Waals surface area contributed by atoms with Crippen molar-refractivity contribution in [2.75, 3.05) is 45.1 Å². The number of aromatic nitrogens is 4. The second-order valence-electron chi connectivity index (χ2n) is 11.4. The average molecular weight is 552 g/mol. The fourth-order valence-electron chi connectivity index (χ4n) is 6.16. The molecule has 2 N–H and O–H groups in total.